The fourth-order valence-electron chi connectivity index (χ4n) is 10.6. The van der Waals surface area contributed by atoms with E-state index < -0.39 is 11.7 Å². The van der Waals surface area contributed by atoms with Crippen LogP contribution >= 0.6 is 0 Å². The third-order valence-electron chi connectivity index (χ3n) is 14.1. The molecule has 0 bridgehead atoms. The average Bonchev–Trinajstić information content (AvgIpc) is 4.02. The molecule has 0 aliphatic carbocycles. The molecule has 0 amide bonds. The van der Waals surface area contributed by atoms with E-state index in [2.05, 4.69) is 28.8 Å². The van der Waals surface area contributed by atoms with Crippen LogP contribution in [0.1, 0.15) is 16.7 Å². The molecule has 10 aromatic carbocycles. The Morgan fingerprint density at radius 2 is 0.724 bits per heavy atom. The van der Waals surface area contributed by atoms with Crippen LogP contribution in [0.4, 0.5) is 13.2 Å². The first-order valence-electron chi connectivity index (χ1n) is 24.5. The number of aromatic nitrogens is 5. The minimum Gasteiger partial charge on any atom is -0.309 e. The maximum Gasteiger partial charge on any atom is 0.416 e. The molecule has 358 valence electrons. The molecule has 0 saturated carbocycles. The monoisotopic (exact) mass is 985 g/mol. The van der Waals surface area contributed by atoms with Crippen molar-refractivity contribution in [1.29, 1.82) is 10.5 Å². The Hall–Kier alpha value is -10.4. The number of rotatable bonds is 8. The Bertz CT molecular complexity index is 4480. The lowest BCUT2D eigenvalue weighted by Gasteiger charge is -2.21. The molecule has 13 aromatic rings. The lowest BCUT2D eigenvalue weighted by Crippen LogP contribution is -2.08. The minimum atomic E-state index is -4.71. The fraction of sp³-hybridized carbons (Fsp3) is 0.0152. The van der Waals surface area contributed by atoms with Gasteiger partial charge >= 0.3 is 6.18 Å². The molecule has 3 heterocycles. The molecule has 0 aliphatic heterocycles. The summed E-state index contributed by atoms with van der Waals surface area (Å²) in [7, 11) is 0. The number of halogens is 3. The van der Waals surface area contributed by atoms with E-state index in [9.17, 15) is 10.5 Å². The van der Waals surface area contributed by atoms with E-state index in [-0.39, 0.29) is 0 Å². The third kappa shape index (κ3) is 7.72. The lowest BCUT2D eigenvalue weighted by atomic mass is 9.95. The zero-order valence-electron chi connectivity index (χ0n) is 40.2. The first kappa shape index (κ1) is 45.4. The lowest BCUT2D eigenvalue weighted by molar-refractivity contribution is -0.137. The van der Waals surface area contributed by atoms with Gasteiger partial charge < -0.3 is 9.13 Å². The van der Waals surface area contributed by atoms with Gasteiger partial charge in [-0.05, 0) is 107 Å². The topological polar surface area (TPSA) is 96.1 Å². The number of benzene rings is 10. The van der Waals surface area contributed by atoms with Gasteiger partial charge in [0.25, 0.3) is 0 Å². The SMILES string of the molecule is N#Cc1ccccc1-c1ccc2c(c1)c1ccccc1n2-c1ccc(-c2nc(-c3ccccc3)nc(-c3ccccc3)n2)cc1-c1cc(C(F)(F)F)ccc1-n1c2ccccc2c2cc(-c3ccccc3C#N)ccc21. The van der Waals surface area contributed by atoms with Crippen LogP contribution < -0.4 is 0 Å². The molecule has 0 radical (unpaired) electrons. The van der Waals surface area contributed by atoms with E-state index in [1.54, 1.807) is 18.2 Å². The zero-order valence-corrected chi connectivity index (χ0v) is 40.2. The van der Waals surface area contributed by atoms with Crippen molar-refractivity contribution in [3.63, 3.8) is 0 Å². The predicted molar refractivity (Wildman–Crippen MR) is 296 cm³/mol. The van der Waals surface area contributed by atoms with Gasteiger partial charge in [-0.25, -0.2) is 15.0 Å². The summed E-state index contributed by atoms with van der Waals surface area (Å²) in [5, 5.41) is 23.8. The van der Waals surface area contributed by atoms with Gasteiger partial charge in [0.1, 0.15) is 0 Å². The van der Waals surface area contributed by atoms with Crippen molar-refractivity contribution in [2.24, 2.45) is 0 Å². The first-order valence-corrected chi connectivity index (χ1v) is 24.5. The summed E-state index contributed by atoms with van der Waals surface area (Å²) >= 11 is 0. The van der Waals surface area contributed by atoms with Crippen molar-refractivity contribution < 1.29 is 13.2 Å². The highest BCUT2D eigenvalue weighted by Crippen LogP contribution is 2.45. The second-order valence-corrected chi connectivity index (χ2v) is 18.5. The standard InChI is InChI=1S/C66H38F3N7/c67-66(68,69)48-30-34-62(76-58-26-14-12-24-52(58)54-36-44(28-32-60(54)76)50-22-10-8-20-47(50)40-71)56(38-48)55-37-45(65-73-63(41-15-3-1-4-16-41)72-64(74-65)42-17-5-2-6-18-42)29-33-61(55)75-57-25-13-11-23-51(57)53-35-43(27-31-59(53)75)49-21-9-7-19-46(49)39-70/h1-38H. The molecule has 13 rings (SSSR count). The van der Waals surface area contributed by atoms with Gasteiger partial charge in [0.2, 0.25) is 0 Å². The normalized spacial score (nSPS) is 11.6. The van der Waals surface area contributed by atoms with E-state index in [0.717, 1.165) is 83.1 Å². The number of fused-ring (bicyclic) bond motifs is 6. The van der Waals surface area contributed by atoms with E-state index in [1.165, 1.54) is 6.07 Å². The van der Waals surface area contributed by atoms with Crippen molar-refractivity contribution in [2.45, 2.75) is 6.18 Å². The second kappa shape index (κ2) is 18.3. The molecule has 0 spiro atoms. The van der Waals surface area contributed by atoms with Gasteiger partial charge in [-0.3, -0.25) is 0 Å². The molecule has 0 fully saturated rings. The Balaban J connectivity index is 1.13. The van der Waals surface area contributed by atoms with Gasteiger partial charge in [0, 0.05) is 49.4 Å². The highest BCUT2D eigenvalue weighted by atomic mass is 19.4. The van der Waals surface area contributed by atoms with E-state index in [4.69, 9.17) is 15.0 Å². The van der Waals surface area contributed by atoms with Crippen LogP contribution in [-0.4, -0.2) is 24.1 Å². The van der Waals surface area contributed by atoms with Crippen molar-refractivity contribution in [3.05, 3.63) is 247 Å². The summed E-state index contributed by atoms with van der Waals surface area (Å²) in [6, 6.07) is 76.5. The number of nitriles is 2. The van der Waals surface area contributed by atoms with E-state index >= 15 is 13.2 Å². The van der Waals surface area contributed by atoms with Gasteiger partial charge in [-0.1, -0.05) is 146 Å². The molecule has 10 heteroatoms. The van der Waals surface area contributed by atoms with Crippen molar-refractivity contribution in [2.75, 3.05) is 0 Å². The van der Waals surface area contributed by atoms with Gasteiger partial charge in [0.05, 0.1) is 62.3 Å². The number of hydrogen-bond donors (Lipinski definition) is 0. The Morgan fingerprint density at radius 3 is 1.21 bits per heavy atom. The van der Waals surface area contributed by atoms with Crippen LogP contribution in [0.15, 0.2) is 231 Å². The molecule has 3 aromatic heterocycles. The second-order valence-electron chi connectivity index (χ2n) is 18.5. The van der Waals surface area contributed by atoms with Crippen LogP contribution in [0.5, 0.6) is 0 Å². The molecule has 0 N–H and O–H groups in total. The quantitative estimate of drug-likeness (QED) is 0.151. The Morgan fingerprint density at radius 1 is 0.329 bits per heavy atom. The fourth-order valence-corrected chi connectivity index (χ4v) is 10.6. The summed E-state index contributed by atoms with van der Waals surface area (Å²) in [6.07, 6.45) is -4.71. The van der Waals surface area contributed by atoms with E-state index in [0.29, 0.717) is 56.7 Å². The smallest absolute Gasteiger partial charge is 0.309 e. The molecular weight excluding hydrogens is 948 g/mol. The number of hydrogen-bond acceptors (Lipinski definition) is 5. The summed E-state index contributed by atoms with van der Waals surface area (Å²) in [5.74, 6) is 1.21. The van der Waals surface area contributed by atoms with E-state index in [1.807, 2.05) is 193 Å². The Kier molecular flexibility index (Phi) is 10.9. The average molecular weight is 986 g/mol. The van der Waals surface area contributed by atoms with Crippen molar-refractivity contribution >= 4 is 43.6 Å². The summed E-state index contributed by atoms with van der Waals surface area (Å²) in [5.41, 5.74) is 10.7. The largest absolute Gasteiger partial charge is 0.416 e. The molecule has 0 unspecified atom stereocenters. The molecule has 0 atom stereocenters. The molecular formula is C66H38F3N7. The van der Waals surface area contributed by atoms with Crippen LogP contribution in [0, 0.1) is 22.7 Å². The maximum absolute atomic E-state index is 15.4. The third-order valence-corrected chi connectivity index (χ3v) is 14.1. The summed E-state index contributed by atoms with van der Waals surface area (Å²) in [6.45, 7) is 0. The van der Waals surface area contributed by atoms with Gasteiger partial charge in [-0.15, -0.1) is 0 Å². The molecule has 0 aliphatic rings. The summed E-state index contributed by atoms with van der Waals surface area (Å²) < 4.78 is 50.4. The molecule has 76 heavy (non-hydrogen) atoms. The van der Waals surface area contributed by atoms with Gasteiger partial charge in [0.15, 0.2) is 17.5 Å². The first-order chi connectivity index (χ1) is 37.2. The zero-order chi connectivity index (χ0) is 51.5. The van der Waals surface area contributed by atoms with Crippen LogP contribution in [0.3, 0.4) is 0 Å². The molecule has 0 saturated heterocycles. The van der Waals surface area contributed by atoms with Crippen LogP contribution in [0.25, 0.3) is 123 Å². The minimum absolute atomic E-state index is 0.305. The van der Waals surface area contributed by atoms with Crippen molar-refractivity contribution in [1.82, 2.24) is 24.1 Å². The van der Waals surface area contributed by atoms with Crippen LogP contribution in [0.2, 0.25) is 0 Å². The summed E-state index contributed by atoms with van der Waals surface area (Å²) in [4.78, 5) is 15.1. The maximum atomic E-state index is 15.4. The number of nitrogens with zero attached hydrogens (tertiary/aromatic N) is 7. The Labute approximate surface area is 433 Å². The van der Waals surface area contributed by atoms with Crippen molar-refractivity contribution in [3.8, 4) is 91.1 Å². The number of alkyl halides is 3. The number of para-hydroxylation sites is 2. The molecule has 7 nitrogen and oxygen atoms in total. The highest BCUT2D eigenvalue weighted by Gasteiger charge is 2.33. The highest BCUT2D eigenvalue weighted by molar-refractivity contribution is 6.13. The van der Waals surface area contributed by atoms with Crippen LogP contribution in [-0.2, 0) is 6.18 Å². The predicted octanol–water partition coefficient (Wildman–Crippen LogP) is 16.8. The van der Waals surface area contributed by atoms with Gasteiger partial charge in [-0.2, -0.15) is 23.7 Å².